The van der Waals surface area contributed by atoms with E-state index in [9.17, 15) is 25.2 Å². The lowest BCUT2D eigenvalue weighted by Crippen LogP contribution is -2.59. The van der Waals surface area contributed by atoms with Crippen LogP contribution in [0, 0.1) is 0 Å². The van der Waals surface area contributed by atoms with Crippen LogP contribution in [0.3, 0.4) is 0 Å². The molecular weight excluding hydrogens is 336 g/mol. The van der Waals surface area contributed by atoms with Crippen LogP contribution in [0.4, 0.5) is 0 Å². The highest BCUT2D eigenvalue weighted by Crippen LogP contribution is 2.24. The Balaban J connectivity index is 2.20. The first-order valence-corrected chi connectivity index (χ1v) is 7.43. The van der Waals surface area contributed by atoms with Gasteiger partial charge in [-0.15, -0.1) is 0 Å². The predicted octanol–water partition coefficient (Wildman–Crippen LogP) is -1.06. The highest BCUT2D eigenvalue weighted by Gasteiger charge is 2.45. The zero-order chi connectivity index (χ0) is 18.6. The van der Waals surface area contributed by atoms with Crippen LogP contribution in [0.2, 0.25) is 0 Å². The topological polar surface area (TPSA) is 146 Å². The van der Waals surface area contributed by atoms with Gasteiger partial charge >= 0.3 is 5.97 Å². The second-order valence-corrected chi connectivity index (χ2v) is 5.40. The molecule has 0 saturated carbocycles. The molecule has 1 aromatic carbocycles. The second kappa shape index (κ2) is 8.28. The number of carboxylic acids is 1. The van der Waals surface area contributed by atoms with Crippen LogP contribution >= 0.6 is 0 Å². The number of hydrogen-bond acceptors (Lipinski definition) is 8. The minimum absolute atomic E-state index is 0.489. The maximum absolute atomic E-state index is 11.4. The van der Waals surface area contributed by atoms with E-state index in [-0.39, 0.29) is 0 Å². The number of aliphatic hydroxyl groups is 4. The van der Waals surface area contributed by atoms with Crippen molar-refractivity contribution >= 4 is 12.0 Å². The molecule has 0 bridgehead atoms. The number of hydrogen-bond donors (Lipinski definition) is 5. The molecule has 0 radical (unpaired) electrons. The van der Waals surface area contributed by atoms with Gasteiger partial charge < -0.3 is 39.7 Å². The summed E-state index contributed by atoms with van der Waals surface area (Å²) in [5, 5.41) is 47.7. The average molecular weight is 356 g/mol. The largest absolute Gasteiger partial charge is 0.497 e. The van der Waals surface area contributed by atoms with E-state index in [0.29, 0.717) is 11.3 Å². The Hall–Kier alpha value is -2.17. The summed E-state index contributed by atoms with van der Waals surface area (Å²) in [6, 6.07) is 6.44. The van der Waals surface area contributed by atoms with Crippen LogP contribution in [0.25, 0.3) is 6.08 Å². The van der Waals surface area contributed by atoms with Gasteiger partial charge in [-0.2, -0.15) is 0 Å². The molecule has 1 aliphatic heterocycles. The molecule has 1 fully saturated rings. The minimum Gasteiger partial charge on any atom is -0.497 e. The third-order valence-electron chi connectivity index (χ3n) is 3.72. The third-order valence-corrected chi connectivity index (χ3v) is 3.72. The van der Waals surface area contributed by atoms with Crippen molar-refractivity contribution in [3.05, 3.63) is 35.6 Å². The molecule has 9 heteroatoms. The lowest BCUT2D eigenvalue weighted by molar-refractivity contribution is -0.291. The van der Waals surface area contributed by atoms with Crippen molar-refractivity contribution in [1.29, 1.82) is 0 Å². The fraction of sp³-hybridized carbons (Fsp3) is 0.438. The Morgan fingerprint density at radius 2 is 1.80 bits per heavy atom. The van der Waals surface area contributed by atoms with Crippen molar-refractivity contribution < 1.29 is 44.5 Å². The summed E-state index contributed by atoms with van der Waals surface area (Å²) in [6.07, 6.45) is -6.49. The van der Waals surface area contributed by atoms with Gasteiger partial charge in [0.25, 0.3) is 0 Å². The molecule has 0 aliphatic carbocycles. The van der Waals surface area contributed by atoms with Gasteiger partial charge in [-0.25, -0.2) is 4.79 Å². The molecule has 1 heterocycles. The molecular formula is C16H20O9. The maximum atomic E-state index is 11.4. The first-order valence-electron chi connectivity index (χ1n) is 7.43. The lowest BCUT2D eigenvalue weighted by Gasteiger charge is -2.39. The molecule has 1 aliphatic rings. The number of aliphatic hydroxyl groups excluding tert-OH is 4. The summed E-state index contributed by atoms with van der Waals surface area (Å²) in [5.74, 6) is -1.38. The second-order valence-electron chi connectivity index (χ2n) is 5.40. The van der Waals surface area contributed by atoms with Gasteiger partial charge in [0.15, 0.2) is 0 Å². The summed E-state index contributed by atoms with van der Waals surface area (Å²) in [7, 11) is 1.50. The summed E-state index contributed by atoms with van der Waals surface area (Å²) in [6.45, 7) is -0.643. The first kappa shape index (κ1) is 19.2. The highest BCUT2D eigenvalue weighted by molar-refractivity contribution is 5.89. The maximum Gasteiger partial charge on any atom is 0.371 e. The van der Waals surface area contributed by atoms with Crippen molar-refractivity contribution in [3.63, 3.8) is 0 Å². The smallest absolute Gasteiger partial charge is 0.371 e. The first-order chi connectivity index (χ1) is 11.9. The van der Waals surface area contributed by atoms with Gasteiger partial charge in [0.05, 0.1) is 13.7 Å². The van der Waals surface area contributed by atoms with E-state index in [0.717, 1.165) is 0 Å². The van der Waals surface area contributed by atoms with Gasteiger partial charge in [0.1, 0.15) is 30.2 Å². The summed E-state index contributed by atoms with van der Waals surface area (Å²) in [4.78, 5) is 11.4. The van der Waals surface area contributed by atoms with Crippen molar-refractivity contribution in [3.8, 4) is 5.75 Å². The van der Waals surface area contributed by atoms with Crippen molar-refractivity contribution in [2.45, 2.75) is 30.7 Å². The number of carbonyl (C=O) groups is 1. The van der Waals surface area contributed by atoms with Gasteiger partial charge in [-0.3, -0.25) is 0 Å². The van der Waals surface area contributed by atoms with Crippen LogP contribution in [0.1, 0.15) is 5.56 Å². The van der Waals surface area contributed by atoms with E-state index < -0.39 is 49.0 Å². The molecule has 1 aromatic rings. The molecule has 9 nitrogen and oxygen atoms in total. The zero-order valence-electron chi connectivity index (χ0n) is 13.3. The van der Waals surface area contributed by atoms with Crippen molar-refractivity contribution in [2.24, 2.45) is 0 Å². The Morgan fingerprint density at radius 3 is 2.32 bits per heavy atom. The van der Waals surface area contributed by atoms with Crippen LogP contribution in [0.15, 0.2) is 30.0 Å². The number of rotatable bonds is 6. The van der Waals surface area contributed by atoms with Gasteiger partial charge in [-0.05, 0) is 23.8 Å². The fourth-order valence-corrected chi connectivity index (χ4v) is 2.29. The third kappa shape index (κ3) is 4.47. The van der Waals surface area contributed by atoms with Gasteiger partial charge in [0.2, 0.25) is 12.0 Å². The van der Waals surface area contributed by atoms with Crippen LogP contribution in [0.5, 0.6) is 5.75 Å². The highest BCUT2D eigenvalue weighted by atomic mass is 16.7. The molecule has 5 N–H and O–H groups in total. The minimum atomic E-state index is -1.70. The molecule has 25 heavy (non-hydrogen) atoms. The van der Waals surface area contributed by atoms with Crippen molar-refractivity contribution in [2.75, 3.05) is 13.7 Å². The normalized spacial score (nSPS) is 30.0. The standard InChI is InChI=1S/C16H20O9/c1-23-9-4-2-8(3-5-9)6-10(15(21)22)24-16-14(20)13(19)12(18)11(7-17)25-16/h2-6,11-14,16-20H,7H2,1H3,(H,21,22)/t11-,12-,13+,14-,16-/m1/s1. The molecule has 138 valence electrons. The summed E-state index contributed by atoms with van der Waals surface area (Å²) in [5.41, 5.74) is 0.489. The lowest BCUT2D eigenvalue weighted by atomic mass is 9.99. The molecule has 0 aromatic heterocycles. The Morgan fingerprint density at radius 1 is 1.16 bits per heavy atom. The number of aliphatic carboxylic acids is 1. The fourth-order valence-electron chi connectivity index (χ4n) is 2.29. The number of benzene rings is 1. The molecule has 0 unspecified atom stereocenters. The van der Waals surface area contributed by atoms with Crippen LogP contribution in [-0.2, 0) is 14.3 Å². The van der Waals surface area contributed by atoms with E-state index in [1.807, 2.05) is 0 Å². The van der Waals surface area contributed by atoms with E-state index >= 15 is 0 Å². The molecule has 5 atom stereocenters. The zero-order valence-corrected chi connectivity index (χ0v) is 13.3. The molecule has 2 rings (SSSR count). The van der Waals surface area contributed by atoms with Gasteiger partial charge in [-0.1, -0.05) is 12.1 Å². The monoisotopic (exact) mass is 356 g/mol. The average Bonchev–Trinajstić information content (AvgIpc) is 2.61. The Kier molecular flexibility index (Phi) is 6.34. The Bertz CT molecular complexity index is 611. The van der Waals surface area contributed by atoms with Crippen LogP contribution < -0.4 is 4.74 Å². The van der Waals surface area contributed by atoms with E-state index in [1.165, 1.54) is 13.2 Å². The molecule has 0 spiro atoms. The molecule has 0 amide bonds. The predicted molar refractivity (Wildman–Crippen MR) is 83.5 cm³/mol. The number of methoxy groups -OCH3 is 1. The van der Waals surface area contributed by atoms with Crippen molar-refractivity contribution in [1.82, 2.24) is 0 Å². The number of ether oxygens (including phenoxy) is 3. The molecule has 1 saturated heterocycles. The Labute approximate surface area is 143 Å². The van der Waals surface area contributed by atoms with E-state index in [4.69, 9.17) is 19.3 Å². The van der Waals surface area contributed by atoms with E-state index in [1.54, 1.807) is 24.3 Å². The summed E-state index contributed by atoms with van der Waals surface area (Å²) < 4.78 is 15.3. The van der Waals surface area contributed by atoms with Gasteiger partial charge in [0, 0.05) is 0 Å². The van der Waals surface area contributed by atoms with E-state index in [2.05, 4.69) is 0 Å². The summed E-state index contributed by atoms with van der Waals surface area (Å²) >= 11 is 0. The van der Waals surface area contributed by atoms with Crippen LogP contribution in [-0.4, -0.2) is 75.9 Å². The quantitative estimate of drug-likeness (QED) is 0.318. The number of carboxylic acid groups (broad SMARTS) is 1. The SMILES string of the molecule is COc1ccc(C=C(O[C@@H]2O[C@H](CO)[C@@H](O)[C@H](O)[C@H]2O)C(=O)O)cc1.